The first kappa shape index (κ1) is 13.4. The zero-order valence-electron chi connectivity index (χ0n) is 11.1. The first-order valence-corrected chi connectivity index (χ1v) is 5.83. The van der Waals surface area contributed by atoms with E-state index in [2.05, 4.69) is 36.9 Å². The Morgan fingerprint density at radius 2 is 2.06 bits per heavy atom. The Morgan fingerprint density at radius 1 is 1.35 bits per heavy atom. The Kier molecular flexibility index (Phi) is 4.84. The topological polar surface area (TPSA) is 36.3 Å². The lowest BCUT2D eigenvalue weighted by atomic mass is 10.1. The van der Waals surface area contributed by atoms with E-state index in [0.717, 1.165) is 30.0 Å². The second-order valence-corrected chi connectivity index (χ2v) is 4.32. The molecule has 3 heteroatoms. The fourth-order valence-corrected chi connectivity index (χ4v) is 2.00. The molecule has 0 N–H and O–H groups in total. The minimum Gasteiger partial charge on any atom is -0.494 e. The van der Waals surface area contributed by atoms with Crippen molar-refractivity contribution in [2.75, 3.05) is 25.6 Å². The van der Waals surface area contributed by atoms with Crippen LogP contribution in [0.2, 0.25) is 0 Å². The number of nitriles is 1. The van der Waals surface area contributed by atoms with Gasteiger partial charge in [-0.1, -0.05) is 6.07 Å². The molecule has 1 aromatic rings. The molecule has 92 valence electrons. The van der Waals surface area contributed by atoms with E-state index in [1.807, 2.05) is 7.05 Å². The Hall–Kier alpha value is -1.69. The van der Waals surface area contributed by atoms with Crippen LogP contribution in [0.3, 0.4) is 0 Å². The minimum absolute atomic E-state index is 0.595. The van der Waals surface area contributed by atoms with Crippen LogP contribution in [0.25, 0.3) is 0 Å². The highest BCUT2D eigenvalue weighted by Crippen LogP contribution is 2.32. The molecule has 0 radical (unpaired) electrons. The van der Waals surface area contributed by atoms with Gasteiger partial charge in [-0.2, -0.15) is 5.26 Å². The van der Waals surface area contributed by atoms with Gasteiger partial charge in [0.2, 0.25) is 0 Å². The maximum absolute atomic E-state index is 8.55. The number of hydrogen-bond acceptors (Lipinski definition) is 3. The van der Waals surface area contributed by atoms with Crippen molar-refractivity contribution >= 4 is 5.69 Å². The highest BCUT2D eigenvalue weighted by molar-refractivity contribution is 5.63. The number of methoxy groups -OCH3 is 1. The Balaban J connectivity index is 2.91. The summed E-state index contributed by atoms with van der Waals surface area (Å²) in [7, 11) is 3.73. The maximum Gasteiger partial charge on any atom is 0.145 e. The van der Waals surface area contributed by atoms with Crippen molar-refractivity contribution in [3.05, 3.63) is 23.3 Å². The molecule has 0 spiro atoms. The van der Waals surface area contributed by atoms with Crippen LogP contribution < -0.4 is 9.64 Å². The number of aryl methyl sites for hydroxylation is 2. The van der Waals surface area contributed by atoms with E-state index in [4.69, 9.17) is 10.00 Å². The third-order valence-electron chi connectivity index (χ3n) is 2.80. The van der Waals surface area contributed by atoms with Gasteiger partial charge in [-0.3, -0.25) is 0 Å². The molecule has 1 rings (SSSR count). The van der Waals surface area contributed by atoms with Crippen molar-refractivity contribution in [1.29, 1.82) is 5.26 Å². The SMILES string of the molecule is COc1c(C)cc(C)cc1N(C)CCCC#N. The van der Waals surface area contributed by atoms with Crippen LogP contribution in [0, 0.1) is 25.2 Å². The van der Waals surface area contributed by atoms with Crippen LogP contribution in [0.5, 0.6) is 5.75 Å². The van der Waals surface area contributed by atoms with Gasteiger partial charge in [0, 0.05) is 20.0 Å². The normalized spacial score (nSPS) is 9.82. The van der Waals surface area contributed by atoms with Gasteiger partial charge in [-0.05, 0) is 37.5 Å². The number of hydrogen-bond donors (Lipinski definition) is 0. The van der Waals surface area contributed by atoms with Gasteiger partial charge in [0.25, 0.3) is 0 Å². The number of nitrogens with zero attached hydrogens (tertiary/aromatic N) is 2. The minimum atomic E-state index is 0.595. The summed E-state index contributed by atoms with van der Waals surface area (Å²) in [4.78, 5) is 2.15. The number of unbranched alkanes of at least 4 members (excludes halogenated alkanes) is 1. The van der Waals surface area contributed by atoms with E-state index in [-0.39, 0.29) is 0 Å². The van der Waals surface area contributed by atoms with Crippen molar-refractivity contribution in [2.45, 2.75) is 26.7 Å². The third kappa shape index (κ3) is 3.39. The summed E-state index contributed by atoms with van der Waals surface area (Å²) in [5, 5.41) is 8.55. The molecular formula is C14H20N2O. The van der Waals surface area contributed by atoms with Crippen LogP contribution in [0.4, 0.5) is 5.69 Å². The Labute approximate surface area is 104 Å². The molecule has 3 nitrogen and oxygen atoms in total. The fraction of sp³-hybridized carbons (Fsp3) is 0.500. The quantitative estimate of drug-likeness (QED) is 0.732. The lowest BCUT2D eigenvalue weighted by molar-refractivity contribution is 0.411. The van der Waals surface area contributed by atoms with E-state index in [1.165, 1.54) is 5.56 Å². The van der Waals surface area contributed by atoms with Gasteiger partial charge in [-0.15, -0.1) is 0 Å². The van der Waals surface area contributed by atoms with Crippen LogP contribution >= 0.6 is 0 Å². The smallest absolute Gasteiger partial charge is 0.145 e. The zero-order valence-corrected chi connectivity index (χ0v) is 11.1. The summed E-state index contributed by atoms with van der Waals surface area (Å²) in [6, 6.07) is 6.41. The lowest BCUT2D eigenvalue weighted by Gasteiger charge is -2.23. The van der Waals surface area contributed by atoms with E-state index >= 15 is 0 Å². The molecule has 0 aliphatic heterocycles. The molecular weight excluding hydrogens is 212 g/mol. The Bertz CT molecular complexity index is 421. The molecule has 0 unspecified atom stereocenters. The molecule has 0 aromatic heterocycles. The first-order chi connectivity index (χ1) is 8.10. The molecule has 0 heterocycles. The molecule has 1 aromatic carbocycles. The second-order valence-electron chi connectivity index (χ2n) is 4.32. The van der Waals surface area contributed by atoms with Gasteiger partial charge >= 0.3 is 0 Å². The van der Waals surface area contributed by atoms with Gasteiger partial charge in [0.05, 0.1) is 18.9 Å². The summed E-state index contributed by atoms with van der Waals surface area (Å²) >= 11 is 0. The Morgan fingerprint density at radius 3 is 2.65 bits per heavy atom. The number of benzene rings is 1. The van der Waals surface area contributed by atoms with E-state index in [9.17, 15) is 0 Å². The summed E-state index contributed by atoms with van der Waals surface area (Å²) in [6.45, 7) is 5.00. The van der Waals surface area contributed by atoms with Crippen molar-refractivity contribution in [3.8, 4) is 11.8 Å². The molecule has 0 bridgehead atoms. The predicted octanol–water partition coefficient (Wildman–Crippen LogP) is 3.05. The standard InChI is InChI=1S/C14H20N2O/c1-11-9-12(2)14(17-4)13(10-11)16(3)8-6-5-7-15/h9-10H,5-6,8H2,1-4H3. The van der Waals surface area contributed by atoms with Crippen LogP contribution in [0.15, 0.2) is 12.1 Å². The molecule has 0 saturated heterocycles. The number of ether oxygens (including phenoxy) is 1. The van der Waals surface area contributed by atoms with Crippen molar-refractivity contribution in [1.82, 2.24) is 0 Å². The van der Waals surface area contributed by atoms with Crippen LogP contribution in [-0.4, -0.2) is 20.7 Å². The van der Waals surface area contributed by atoms with Crippen molar-refractivity contribution in [3.63, 3.8) is 0 Å². The average Bonchev–Trinajstić information content (AvgIpc) is 2.28. The van der Waals surface area contributed by atoms with E-state index in [1.54, 1.807) is 7.11 Å². The fourth-order valence-electron chi connectivity index (χ4n) is 2.00. The number of rotatable bonds is 5. The zero-order chi connectivity index (χ0) is 12.8. The summed E-state index contributed by atoms with van der Waals surface area (Å²) in [6.07, 6.45) is 1.47. The lowest BCUT2D eigenvalue weighted by Crippen LogP contribution is -2.19. The monoisotopic (exact) mass is 232 g/mol. The largest absolute Gasteiger partial charge is 0.494 e. The summed E-state index contributed by atoms with van der Waals surface area (Å²) in [5.74, 6) is 0.926. The van der Waals surface area contributed by atoms with Gasteiger partial charge in [0.15, 0.2) is 0 Å². The first-order valence-electron chi connectivity index (χ1n) is 5.83. The molecule has 0 aliphatic carbocycles. The molecule has 17 heavy (non-hydrogen) atoms. The van der Waals surface area contributed by atoms with Crippen LogP contribution in [0.1, 0.15) is 24.0 Å². The van der Waals surface area contributed by atoms with Crippen molar-refractivity contribution in [2.24, 2.45) is 0 Å². The van der Waals surface area contributed by atoms with Gasteiger partial charge in [-0.25, -0.2) is 0 Å². The van der Waals surface area contributed by atoms with Gasteiger partial charge < -0.3 is 9.64 Å². The van der Waals surface area contributed by atoms with E-state index < -0.39 is 0 Å². The average molecular weight is 232 g/mol. The molecule has 0 fully saturated rings. The molecule has 0 amide bonds. The van der Waals surface area contributed by atoms with E-state index in [0.29, 0.717) is 6.42 Å². The molecule has 0 saturated carbocycles. The number of anilines is 1. The van der Waals surface area contributed by atoms with Crippen molar-refractivity contribution < 1.29 is 4.74 Å². The summed E-state index contributed by atoms with van der Waals surface area (Å²) < 4.78 is 5.45. The molecule has 0 aliphatic rings. The van der Waals surface area contributed by atoms with Gasteiger partial charge in [0.1, 0.15) is 5.75 Å². The van der Waals surface area contributed by atoms with Crippen LogP contribution in [-0.2, 0) is 0 Å². The highest BCUT2D eigenvalue weighted by Gasteiger charge is 2.11. The third-order valence-corrected chi connectivity index (χ3v) is 2.80. The molecule has 0 atom stereocenters. The highest BCUT2D eigenvalue weighted by atomic mass is 16.5. The maximum atomic E-state index is 8.55. The summed E-state index contributed by atoms with van der Waals surface area (Å²) in [5.41, 5.74) is 3.48. The second kappa shape index (κ2) is 6.15. The predicted molar refractivity (Wildman–Crippen MR) is 70.6 cm³/mol.